The molecule has 5 nitrogen and oxygen atoms in total. The van der Waals surface area contributed by atoms with Gasteiger partial charge in [0.15, 0.2) is 0 Å². The van der Waals surface area contributed by atoms with Gasteiger partial charge in [-0.2, -0.15) is 0 Å². The monoisotopic (exact) mass is 328 g/mol. The zero-order valence-corrected chi connectivity index (χ0v) is 12.3. The first-order valence-electron chi connectivity index (χ1n) is 6.25. The van der Waals surface area contributed by atoms with Gasteiger partial charge in [-0.1, -0.05) is 12.1 Å². The summed E-state index contributed by atoms with van der Waals surface area (Å²) in [5, 5.41) is 20.1. The van der Waals surface area contributed by atoms with Gasteiger partial charge in [-0.25, -0.2) is 0 Å². The number of halogens is 1. The zero-order valence-electron chi connectivity index (χ0n) is 10.8. The Bertz CT molecular complexity index is 475. The molecule has 2 rings (SSSR count). The lowest BCUT2D eigenvalue weighted by molar-refractivity contribution is -0.385. The summed E-state index contributed by atoms with van der Waals surface area (Å²) in [4.78, 5) is 12.6. The molecule has 0 aliphatic heterocycles. The van der Waals surface area contributed by atoms with Crippen molar-refractivity contribution in [2.24, 2.45) is 5.92 Å². The number of nitro benzene ring substituents is 1. The molecule has 0 unspecified atom stereocenters. The number of aliphatic hydroxyl groups excluding tert-OH is 1. The van der Waals surface area contributed by atoms with Crippen LogP contribution in [0.25, 0.3) is 0 Å². The highest BCUT2D eigenvalue weighted by Crippen LogP contribution is 2.31. The minimum Gasteiger partial charge on any atom is -0.393 e. The van der Waals surface area contributed by atoms with Crippen molar-refractivity contribution in [2.45, 2.75) is 25.5 Å². The molecule has 0 heterocycles. The van der Waals surface area contributed by atoms with Crippen LogP contribution in [0.3, 0.4) is 0 Å². The normalized spacial score (nSPS) is 22.3. The Balaban J connectivity index is 1.98. The number of hydrogen-bond acceptors (Lipinski definition) is 4. The highest BCUT2D eigenvalue weighted by Gasteiger charge is 2.28. The number of nitrogens with zero attached hydrogens (tertiary/aromatic N) is 2. The van der Waals surface area contributed by atoms with E-state index >= 15 is 0 Å². The standard InChI is InChI=1S/C13H17BrN2O3/c1-15(7-9-5-11(17)6-9)8-10-3-2-4-12(13(10)14)16(18)19/h2-4,9,11,17H,5-8H2,1H3. The predicted molar refractivity (Wildman–Crippen MR) is 75.9 cm³/mol. The van der Waals surface area contributed by atoms with Crippen LogP contribution in [0.5, 0.6) is 0 Å². The summed E-state index contributed by atoms with van der Waals surface area (Å²) < 4.78 is 0.556. The van der Waals surface area contributed by atoms with Crippen molar-refractivity contribution in [3.05, 3.63) is 38.3 Å². The molecule has 0 amide bonds. The fraction of sp³-hybridized carbons (Fsp3) is 0.538. The van der Waals surface area contributed by atoms with E-state index in [0.29, 0.717) is 16.9 Å². The summed E-state index contributed by atoms with van der Waals surface area (Å²) in [5.41, 5.74) is 1.02. The van der Waals surface area contributed by atoms with Crippen LogP contribution in [-0.4, -0.2) is 34.6 Å². The van der Waals surface area contributed by atoms with Gasteiger partial charge in [-0.15, -0.1) is 0 Å². The van der Waals surface area contributed by atoms with Crippen LogP contribution in [0.1, 0.15) is 18.4 Å². The molecule has 104 valence electrons. The van der Waals surface area contributed by atoms with Gasteiger partial charge in [-0.05, 0) is 47.3 Å². The Morgan fingerprint density at radius 2 is 2.21 bits per heavy atom. The van der Waals surface area contributed by atoms with Crippen molar-refractivity contribution in [3.8, 4) is 0 Å². The molecule has 0 spiro atoms. The molecule has 1 aromatic carbocycles. The highest BCUT2D eigenvalue weighted by atomic mass is 79.9. The average molecular weight is 329 g/mol. The second kappa shape index (κ2) is 5.98. The van der Waals surface area contributed by atoms with E-state index in [0.717, 1.165) is 24.9 Å². The lowest BCUT2D eigenvalue weighted by Crippen LogP contribution is -2.36. The third kappa shape index (κ3) is 3.52. The van der Waals surface area contributed by atoms with Gasteiger partial charge in [0.05, 0.1) is 15.5 Å². The summed E-state index contributed by atoms with van der Waals surface area (Å²) >= 11 is 3.31. The summed E-state index contributed by atoms with van der Waals surface area (Å²) in [6.45, 7) is 1.57. The van der Waals surface area contributed by atoms with Crippen molar-refractivity contribution in [2.75, 3.05) is 13.6 Å². The van der Waals surface area contributed by atoms with Gasteiger partial charge < -0.3 is 10.0 Å². The first-order chi connectivity index (χ1) is 8.97. The minimum atomic E-state index is -0.379. The second-order valence-electron chi connectivity index (χ2n) is 5.20. The van der Waals surface area contributed by atoms with Crippen molar-refractivity contribution in [1.82, 2.24) is 4.90 Å². The van der Waals surface area contributed by atoms with E-state index in [-0.39, 0.29) is 16.7 Å². The van der Waals surface area contributed by atoms with E-state index in [2.05, 4.69) is 20.8 Å². The quantitative estimate of drug-likeness (QED) is 0.666. The number of aliphatic hydroxyl groups is 1. The lowest BCUT2D eigenvalue weighted by Gasteiger charge is -2.34. The maximum absolute atomic E-state index is 10.9. The number of hydrogen-bond donors (Lipinski definition) is 1. The van der Waals surface area contributed by atoms with Crippen molar-refractivity contribution >= 4 is 21.6 Å². The Morgan fingerprint density at radius 3 is 2.79 bits per heavy atom. The molecule has 0 radical (unpaired) electrons. The fourth-order valence-electron chi connectivity index (χ4n) is 2.48. The van der Waals surface area contributed by atoms with Crippen molar-refractivity contribution < 1.29 is 10.0 Å². The van der Waals surface area contributed by atoms with E-state index in [1.807, 2.05) is 13.1 Å². The molecule has 0 aromatic heterocycles. The minimum absolute atomic E-state index is 0.102. The van der Waals surface area contributed by atoms with Gasteiger partial charge in [0.25, 0.3) is 5.69 Å². The topological polar surface area (TPSA) is 66.6 Å². The van der Waals surface area contributed by atoms with E-state index in [4.69, 9.17) is 0 Å². The molecule has 0 saturated heterocycles. The Morgan fingerprint density at radius 1 is 1.53 bits per heavy atom. The summed E-state index contributed by atoms with van der Waals surface area (Å²) in [6, 6.07) is 5.10. The van der Waals surface area contributed by atoms with E-state index in [1.165, 1.54) is 6.07 Å². The van der Waals surface area contributed by atoms with Crippen molar-refractivity contribution in [1.29, 1.82) is 0 Å². The maximum Gasteiger partial charge on any atom is 0.283 e. The van der Waals surface area contributed by atoms with Crippen LogP contribution in [-0.2, 0) is 6.54 Å². The SMILES string of the molecule is CN(Cc1cccc([N+](=O)[O-])c1Br)CC1CC(O)C1. The van der Waals surface area contributed by atoms with E-state index in [9.17, 15) is 15.2 Å². The molecule has 1 aliphatic carbocycles. The molecule has 1 fully saturated rings. The van der Waals surface area contributed by atoms with E-state index in [1.54, 1.807) is 6.07 Å². The number of rotatable bonds is 5. The Kier molecular flexibility index (Phi) is 4.54. The highest BCUT2D eigenvalue weighted by molar-refractivity contribution is 9.10. The molecule has 6 heteroatoms. The molecular formula is C13H17BrN2O3. The predicted octanol–water partition coefficient (Wildman–Crippen LogP) is 2.56. The smallest absolute Gasteiger partial charge is 0.283 e. The van der Waals surface area contributed by atoms with Crippen LogP contribution in [0.2, 0.25) is 0 Å². The average Bonchev–Trinajstić information content (AvgIpc) is 2.29. The van der Waals surface area contributed by atoms with Crippen LogP contribution in [0, 0.1) is 16.0 Å². The van der Waals surface area contributed by atoms with Gasteiger partial charge in [0, 0.05) is 19.2 Å². The second-order valence-corrected chi connectivity index (χ2v) is 5.99. The number of nitro groups is 1. The lowest BCUT2D eigenvalue weighted by atomic mass is 9.82. The summed E-state index contributed by atoms with van der Waals surface area (Å²) in [7, 11) is 2.00. The van der Waals surface area contributed by atoms with E-state index < -0.39 is 0 Å². The molecule has 0 bridgehead atoms. The Hall–Kier alpha value is -0.980. The number of benzene rings is 1. The van der Waals surface area contributed by atoms with Gasteiger partial charge >= 0.3 is 0 Å². The van der Waals surface area contributed by atoms with Crippen LogP contribution in [0.4, 0.5) is 5.69 Å². The molecule has 1 N–H and O–H groups in total. The zero-order chi connectivity index (χ0) is 14.0. The van der Waals surface area contributed by atoms with Gasteiger partial charge in [0.1, 0.15) is 0 Å². The maximum atomic E-state index is 10.9. The molecule has 19 heavy (non-hydrogen) atoms. The Labute approximate surface area is 120 Å². The fourth-order valence-corrected chi connectivity index (χ4v) is 3.01. The molecule has 0 atom stereocenters. The first kappa shape index (κ1) is 14.4. The molecule has 1 aromatic rings. The largest absolute Gasteiger partial charge is 0.393 e. The molecular weight excluding hydrogens is 312 g/mol. The summed E-state index contributed by atoms with van der Waals surface area (Å²) in [5.74, 6) is 0.539. The van der Waals surface area contributed by atoms with Gasteiger partial charge in [0.2, 0.25) is 0 Å². The third-order valence-electron chi connectivity index (χ3n) is 3.48. The van der Waals surface area contributed by atoms with Crippen LogP contribution >= 0.6 is 15.9 Å². The third-order valence-corrected chi connectivity index (χ3v) is 4.39. The first-order valence-corrected chi connectivity index (χ1v) is 7.05. The van der Waals surface area contributed by atoms with Gasteiger partial charge in [-0.3, -0.25) is 10.1 Å². The van der Waals surface area contributed by atoms with Crippen LogP contribution in [0.15, 0.2) is 22.7 Å². The molecule has 1 saturated carbocycles. The molecule has 1 aliphatic rings. The van der Waals surface area contributed by atoms with Crippen LogP contribution < -0.4 is 0 Å². The van der Waals surface area contributed by atoms with Crippen molar-refractivity contribution in [3.63, 3.8) is 0 Å². The summed E-state index contributed by atoms with van der Waals surface area (Å²) in [6.07, 6.45) is 1.59.